The van der Waals surface area contributed by atoms with Crippen molar-refractivity contribution in [3.8, 4) is 47.4 Å². The minimum absolute atomic E-state index is 0.0803. The van der Waals surface area contributed by atoms with Gasteiger partial charge in [0.05, 0.1) is 0 Å². The van der Waals surface area contributed by atoms with Crippen LogP contribution in [-0.2, 0) is 28.2 Å². The largest absolute Gasteiger partial charge is 0.469 e. The summed E-state index contributed by atoms with van der Waals surface area (Å²) in [5, 5.41) is 0. The molecular formula is C25H33O8P. The Morgan fingerprint density at radius 2 is 1.32 bits per heavy atom. The first-order chi connectivity index (χ1) is 16.3. The zero-order chi connectivity index (χ0) is 25.5. The number of phosphoric ester groups is 1. The lowest BCUT2D eigenvalue weighted by atomic mass is 10.1. The van der Waals surface area contributed by atoms with E-state index in [4.69, 9.17) is 19.3 Å². The maximum absolute atomic E-state index is 12.0. The molecule has 1 atom stereocenters. The van der Waals surface area contributed by atoms with Crippen molar-refractivity contribution < 1.29 is 37.9 Å². The number of carbonyl (C=O) groups is 2. The maximum atomic E-state index is 12.0. The van der Waals surface area contributed by atoms with Gasteiger partial charge in [-0.15, -0.1) is 0 Å². The summed E-state index contributed by atoms with van der Waals surface area (Å²) in [5.74, 6) is 16.9. The second kappa shape index (κ2) is 20.9. The van der Waals surface area contributed by atoms with Crippen LogP contribution in [0.15, 0.2) is 0 Å². The zero-order valence-corrected chi connectivity index (χ0v) is 20.7. The van der Waals surface area contributed by atoms with Crippen LogP contribution in [0.3, 0.4) is 0 Å². The van der Waals surface area contributed by atoms with Gasteiger partial charge in [-0.25, -0.2) is 9.36 Å². The van der Waals surface area contributed by atoms with Crippen LogP contribution in [0.2, 0.25) is 0 Å². The number of unbranched alkanes of at least 4 members (excludes halogenated alkanes) is 9. The van der Waals surface area contributed by atoms with Crippen molar-refractivity contribution in [2.45, 2.75) is 90.8 Å². The average molecular weight is 493 g/mol. The van der Waals surface area contributed by atoms with Crippen molar-refractivity contribution in [3.63, 3.8) is 0 Å². The molecule has 34 heavy (non-hydrogen) atoms. The summed E-state index contributed by atoms with van der Waals surface area (Å²) in [6.45, 7) is 2.97. The van der Waals surface area contributed by atoms with Gasteiger partial charge in [-0.2, -0.15) is 0 Å². The van der Waals surface area contributed by atoms with Gasteiger partial charge in [0.2, 0.25) is 0 Å². The highest BCUT2D eigenvalue weighted by molar-refractivity contribution is 7.46. The van der Waals surface area contributed by atoms with Crippen molar-refractivity contribution in [3.05, 3.63) is 0 Å². The molecule has 0 saturated carbocycles. The van der Waals surface area contributed by atoms with Crippen molar-refractivity contribution >= 4 is 19.8 Å². The van der Waals surface area contributed by atoms with Gasteiger partial charge < -0.3 is 19.3 Å². The first-order valence-corrected chi connectivity index (χ1v) is 12.8. The Hall–Kier alpha value is -2.71. The highest BCUT2D eigenvalue weighted by atomic mass is 31.2. The first-order valence-electron chi connectivity index (χ1n) is 11.3. The maximum Gasteiger partial charge on any atom is 0.469 e. The fourth-order valence-electron chi connectivity index (χ4n) is 2.63. The van der Waals surface area contributed by atoms with Crippen LogP contribution < -0.4 is 0 Å². The van der Waals surface area contributed by atoms with E-state index in [1.807, 2.05) is 5.92 Å². The van der Waals surface area contributed by atoms with E-state index in [1.54, 1.807) is 6.92 Å². The van der Waals surface area contributed by atoms with E-state index in [0.717, 1.165) is 19.3 Å². The SMILES string of the molecule is CC#CC#CC#CC#CC(=O)OC(COP(=O)(O)O)OC(=O)CCCCCCCCCCCC. The number of hydrogen-bond donors (Lipinski definition) is 2. The third-order valence-corrected chi connectivity index (χ3v) is 4.70. The van der Waals surface area contributed by atoms with Gasteiger partial charge in [-0.05, 0) is 48.9 Å². The molecule has 186 valence electrons. The van der Waals surface area contributed by atoms with Crippen LogP contribution in [0.4, 0.5) is 0 Å². The van der Waals surface area contributed by atoms with Gasteiger partial charge in [0.15, 0.2) is 0 Å². The number of esters is 2. The van der Waals surface area contributed by atoms with E-state index >= 15 is 0 Å². The van der Waals surface area contributed by atoms with E-state index in [2.05, 4.69) is 52.9 Å². The molecule has 0 aliphatic carbocycles. The molecule has 2 N–H and O–H groups in total. The van der Waals surface area contributed by atoms with E-state index in [9.17, 15) is 14.2 Å². The van der Waals surface area contributed by atoms with Crippen molar-refractivity contribution in [2.75, 3.05) is 6.61 Å². The molecule has 0 aromatic rings. The molecule has 9 heteroatoms. The number of phosphoric acid groups is 1. The monoisotopic (exact) mass is 492 g/mol. The molecule has 0 spiro atoms. The van der Waals surface area contributed by atoms with E-state index in [-0.39, 0.29) is 6.42 Å². The summed E-state index contributed by atoms with van der Waals surface area (Å²) in [5.41, 5.74) is 0. The Bertz CT molecular complexity index is 906. The van der Waals surface area contributed by atoms with Gasteiger partial charge in [-0.3, -0.25) is 9.32 Å². The lowest BCUT2D eigenvalue weighted by Gasteiger charge is -2.17. The van der Waals surface area contributed by atoms with Crippen LogP contribution >= 0.6 is 7.82 Å². The summed E-state index contributed by atoms with van der Waals surface area (Å²) in [7, 11) is -4.86. The molecular weight excluding hydrogens is 459 g/mol. The predicted molar refractivity (Wildman–Crippen MR) is 127 cm³/mol. The first kappa shape index (κ1) is 31.3. The molecule has 0 rings (SSSR count). The Labute approximate surface area is 202 Å². The molecule has 0 saturated heterocycles. The van der Waals surface area contributed by atoms with Crippen molar-refractivity contribution in [2.24, 2.45) is 0 Å². The summed E-state index contributed by atoms with van der Waals surface area (Å²) < 4.78 is 25.0. The molecule has 8 nitrogen and oxygen atoms in total. The summed E-state index contributed by atoms with van der Waals surface area (Å²) >= 11 is 0. The molecule has 0 heterocycles. The van der Waals surface area contributed by atoms with Crippen LogP contribution in [-0.4, -0.2) is 34.6 Å². The molecule has 1 unspecified atom stereocenters. The summed E-state index contributed by atoms with van der Waals surface area (Å²) in [6.07, 6.45) is 9.44. The Balaban J connectivity index is 4.44. The lowest BCUT2D eigenvalue weighted by molar-refractivity contribution is -0.189. The molecule has 0 aromatic carbocycles. The Morgan fingerprint density at radius 1 is 0.794 bits per heavy atom. The topological polar surface area (TPSA) is 119 Å². The molecule has 0 aliphatic rings. The third-order valence-electron chi connectivity index (χ3n) is 4.22. The number of rotatable bonds is 16. The number of carbonyl (C=O) groups excluding carboxylic acids is 2. The van der Waals surface area contributed by atoms with E-state index in [0.29, 0.717) is 6.42 Å². The van der Waals surface area contributed by atoms with Gasteiger partial charge in [-0.1, -0.05) is 70.6 Å². The molecule has 0 aromatic heterocycles. The van der Waals surface area contributed by atoms with Crippen molar-refractivity contribution in [1.82, 2.24) is 0 Å². The van der Waals surface area contributed by atoms with E-state index < -0.39 is 32.7 Å². The molecule has 0 aliphatic heterocycles. The molecule has 0 radical (unpaired) electrons. The Kier molecular flexibility index (Phi) is 19.2. The number of hydrogen-bond acceptors (Lipinski definition) is 6. The van der Waals surface area contributed by atoms with Gasteiger partial charge in [0.1, 0.15) is 6.61 Å². The van der Waals surface area contributed by atoms with Gasteiger partial charge in [0, 0.05) is 12.3 Å². The average Bonchev–Trinajstić information content (AvgIpc) is 2.77. The highest BCUT2D eigenvalue weighted by Crippen LogP contribution is 2.36. The molecule has 0 amide bonds. The summed E-state index contributed by atoms with van der Waals surface area (Å²) in [6, 6.07) is 0. The second-order valence-corrected chi connectivity index (χ2v) is 8.41. The highest BCUT2D eigenvalue weighted by Gasteiger charge is 2.24. The smallest absolute Gasteiger partial charge is 0.422 e. The van der Waals surface area contributed by atoms with Gasteiger partial charge >= 0.3 is 19.8 Å². The van der Waals surface area contributed by atoms with Crippen LogP contribution in [0.1, 0.15) is 84.5 Å². The van der Waals surface area contributed by atoms with Crippen molar-refractivity contribution in [1.29, 1.82) is 0 Å². The van der Waals surface area contributed by atoms with E-state index in [1.165, 1.54) is 38.5 Å². The number of ether oxygens (including phenoxy) is 2. The third kappa shape index (κ3) is 22.5. The molecule has 0 bridgehead atoms. The minimum Gasteiger partial charge on any atom is -0.422 e. The minimum atomic E-state index is -4.86. The standard InChI is InChI=1S/C25H33O8P/c1-3-5-7-9-11-12-13-15-17-19-21-24(27)33-25(22-31-34(28,29)30)32-23(26)20-18-16-14-10-8-6-4-2/h25H,3,5,7,9,11-13,15,17,19,21-22H2,1-2H3,(H2,28,29,30). The Morgan fingerprint density at radius 3 is 1.88 bits per heavy atom. The normalized spacial score (nSPS) is 10.6. The van der Waals surface area contributed by atoms with Gasteiger partial charge in [0.25, 0.3) is 6.29 Å². The fraction of sp³-hybridized carbons (Fsp3) is 0.600. The lowest BCUT2D eigenvalue weighted by Crippen LogP contribution is -2.28. The predicted octanol–water partition coefficient (Wildman–Crippen LogP) is 3.85. The quantitative estimate of drug-likeness (QED) is 0.0833. The second-order valence-electron chi connectivity index (χ2n) is 7.17. The van der Waals surface area contributed by atoms with Crippen LogP contribution in [0.25, 0.3) is 0 Å². The molecule has 0 fully saturated rings. The fourth-order valence-corrected chi connectivity index (χ4v) is 2.95. The van der Waals surface area contributed by atoms with Crippen LogP contribution in [0, 0.1) is 47.4 Å². The summed E-state index contributed by atoms with van der Waals surface area (Å²) in [4.78, 5) is 41.5. The van der Waals surface area contributed by atoms with Crippen LogP contribution in [0.5, 0.6) is 0 Å². The zero-order valence-electron chi connectivity index (χ0n) is 19.9.